The van der Waals surface area contributed by atoms with Crippen LogP contribution in [0, 0.1) is 5.92 Å². The molecule has 27 heavy (non-hydrogen) atoms. The summed E-state index contributed by atoms with van der Waals surface area (Å²) in [4.78, 5) is 57.5. The first-order valence-corrected chi connectivity index (χ1v) is 8.19. The highest BCUT2D eigenvalue weighted by Gasteiger charge is 2.29. The van der Waals surface area contributed by atoms with Crippen LogP contribution in [0.25, 0.3) is 0 Å². The molecule has 0 aliphatic carbocycles. The average molecular weight is 389 g/mol. The van der Waals surface area contributed by atoms with Crippen molar-refractivity contribution in [2.45, 2.75) is 51.4 Å². The highest BCUT2D eigenvalue weighted by Crippen LogP contribution is 2.01. The largest absolute Gasteiger partial charge is 0.480 e. The monoisotopic (exact) mass is 389 g/mol. The number of aliphatic carboxylic acids is 1. The first kappa shape index (κ1) is 24.3. The summed E-state index contributed by atoms with van der Waals surface area (Å²) in [5.41, 5.74) is 10.6. The van der Waals surface area contributed by atoms with E-state index in [1.807, 2.05) is 5.32 Å². The Bertz CT molecular complexity index is 579. The maximum absolute atomic E-state index is 12.1. The van der Waals surface area contributed by atoms with E-state index >= 15 is 0 Å². The van der Waals surface area contributed by atoms with Crippen LogP contribution in [0.15, 0.2) is 0 Å². The van der Waals surface area contributed by atoms with Gasteiger partial charge in [0.05, 0.1) is 25.1 Å². The second kappa shape index (κ2) is 11.1. The first-order valence-electron chi connectivity index (χ1n) is 8.19. The lowest BCUT2D eigenvalue weighted by Crippen LogP contribution is -2.57. The summed E-state index contributed by atoms with van der Waals surface area (Å²) in [7, 11) is 0. The number of carbonyl (C=O) groups is 5. The lowest BCUT2D eigenvalue weighted by Gasteiger charge is -2.24. The first-order chi connectivity index (χ1) is 12.4. The summed E-state index contributed by atoms with van der Waals surface area (Å²) < 4.78 is 0. The van der Waals surface area contributed by atoms with Crippen LogP contribution < -0.4 is 27.4 Å². The van der Waals surface area contributed by atoms with Gasteiger partial charge in [0, 0.05) is 0 Å². The van der Waals surface area contributed by atoms with Crippen molar-refractivity contribution in [3.63, 3.8) is 0 Å². The van der Waals surface area contributed by atoms with Crippen LogP contribution in [0.2, 0.25) is 0 Å². The molecule has 0 aliphatic heterocycles. The summed E-state index contributed by atoms with van der Waals surface area (Å²) in [5, 5.41) is 25.1. The van der Waals surface area contributed by atoms with Crippen molar-refractivity contribution in [2.75, 3.05) is 6.54 Å². The van der Waals surface area contributed by atoms with Gasteiger partial charge in [-0.1, -0.05) is 13.8 Å². The molecule has 9 N–H and O–H groups in total. The summed E-state index contributed by atoms with van der Waals surface area (Å²) in [6.45, 7) is 4.03. The number of carbonyl (C=O) groups excluding carboxylic acids is 4. The topological polar surface area (TPSA) is 214 Å². The van der Waals surface area contributed by atoms with E-state index in [0.29, 0.717) is 0 Å². The van der Waals surface area contributed by atoms with Gasteiger partial charge in [-0.2, -0.15) is 0 Å². The van der Waals surface area contributed by atoms with Crippen molar-refractivity contribution in [1.82, 2.24) is 16.0 Å². The molecular formula is C15H27N5O7. The Morgan fingerprint density at radius 1 is 1.00 bits per heavy atom. The predicted octanol–water partition coefficient (Wildman–Crippen LogP) is -3.60. The number of nitrogens with one attached hydrogen (secondary N) is 3. The van der Waals surface area contributed by atoms with Gasteiger partial charge in [-0.05, 0) is 12.8 Å². The number of nitrogens with two attached hydrogens (primary N) is 2. The van der Waals surface area contributed by atoms with Crippen LogP contribution >= 0.6 is 0 Å². The minimum absolute atomic E-state index is 0.202. The van der Waals surface area contributed by atoms with E-state index in [2.05, 4.69) is 10.6 Å². The molecule has 12 nitrogen and oxygen atoms in total. The fraction of sp³-hybridized carbons (Fsp3) is 0.667. The number of hydrogen-bond acceptors (Lipinski definition) is 7. The Hall–Kier alpha value is -2.73. The standard InChI is InChI=1S/C15H27N5O7/c1-6(2)11(17)13(24)20-12(7(3)21)14(25)18-5-10(23)19-8(15(26)27)4-9(16)22/h6-8,11-12,21H,4-5,17H2,1-3H3,(H2,16,22)(H,18,25)(H,19,23)(H,20,24)(H,26,27). The zero-order valence-electron chi connectivity index (χ0n) is 15.4. The van der Waals surface area contributed by atoms with Gasteiger partial charge in [0.1, 0.15) is 12.1 Å². The average Bonchev–Trinajstić information content (AvgIpc) is 2.54. The van der Waals surface area contributed by atoms with E-state index < -0.39 is 66.8 Å². The van der Waals surface area contributed by atoms with Gasteiger partial charge < -0.3 is 37.6 Å². The molecule has 0 aromatic rings. The molecule has 0 rings (SSSR count). The number of aliphatic hydroxyl groups excluding tert-OH is 1. The van der Waals surface area contributed by atoms with E-state index in [9.17, 15) is 29.1 Å². The van der Waals surface area contributed by atoms with E-state index in [0.717, 1.165) is 0 Å². The molecule has 0 heterocycles. The quantitative estimate of drug-likeness (QED) is 0.187. The molecule has 12 heteroatoms. The fourth-order valence-corrected chi connectivity index (χ4v) is 1.88. The van der Waals surface area contributed by atoms with E-state index in [1.165, 1.54) is 6.92 Å². The molecule has 4 amide bonds. The lowest BCUT2D eigenvalue weighted by atomic mass is 10.0. The molecular weight excluding hydrogens is 362 g/mol. The molecule has 154 valence electrons. The van der Waals surface area contributed by atoms with Crippen molar-refractivity contribution >= 4 is 29.6 Å². The van der Waals surface area contributed by atoms with Crippen molar-refractivity contribution < 1.29 is 34.2 Å². The molecule has 0 bridgehead atoms. The van der Waals surface area contributed by atoms with Gasteiger partial charge >= 0.3 is 5.97 Å². The van der Waals surface area contributed by atoms with Crippen LogP contribution in [0.1, 0.15) is 27.2 Å². The van der Waals surface area contributed by atoms with Crippen LogP contribution in [0.4, 0.5) is 0 Å². The summed E-state index contributed by atoms with van der Waals surface area (Å²) >= 11 is 0. The molecule has 0 radical (unpaired) electrons. The van der Waals surface area contributed by atoms with Gasteiger partial charge in [-0.15, -0.1) is 0 Å². The summed E-state index contributed by atoms with van der Waals surface area (Å²) in [5.74, 6) is -5.01. The Balaban J connectivity index is 4.77. The number of carboxylic acid groups (broad SMARTS) is 1. The van der Waals surface area contributed by atoms with Crippen molar-refractivity contribution in [2.24, 2.45) is 17.4 Å². The molecule has 4 unspecified atom stereocenters. The predicted molar refractivity (Wildman–Crippen MR) is 92.8 cm³/mol. The molecule has 0 saturated carbocycles. The van der Waals surface area contributed by atoms with Crippen LogP contribution in [0.5, 0.6) is 0 Å². The van der Waals surface area contributed by atoms with Crippen LogP contribution in [0.3, 0.4) is 0 Å². The van der Waals surface area contributed by atoms with Crippen molar-refractivity contribution in [1.29, 1.82) is 0 Å². The number of carboxylic acids is 1. The zero-order valence-corrected chi connectivity index (χ0v) is 15.4. The third kappa shape index (κ3) is 8.96. The number of primary amides is 1. The molecule has 4 atom stereocenters. The number of aliphatic hydroxyl groups is 1. The minimum atomic E-state index is -1.54. The van der Waals surface area contributed by atoms with Crippen LogP contribution in [-0.2, 0) is 24.0 Å². The van der Waals surface area contributed by atoms with Gasteiger partial charge in [-0.25, -0.2) is 4.79 Å². The van der Waals surface area contributed by atoms with E-state index in [-0.39, 0.29) is 5.92 Å². The molecule has 0 aromatic carbocycles. The molecule has 0 fully saturated rings. The minimum Gasteiger partial charge on any atom is -0.480 e. The molecule has 0 spiro atoms. The SMILES string of the molecule is CC(C)C(N)C(=O)NC(C(=O)NCC(=O)NC(CC(N)=O)C(=O)O)C(C)O. The maximum Gasteiger partial charge on any atom is 0.326 e. The van der Waals surface area contributed by atoms with E-state index in [1.54, 1.807) is 13.8 Å². The molecule has 0 saturated heterocycles. The Morgan fingerprint density at radius 3 is 1.96 bits per heavy atom. The van der Waals surface area contributed by atoms with Gasteiger partial charge in [0.2, 0.25) is 23.6 Å². The third-order valence-corrected chi connectivity index (χ3v) is 3.55. The highest BCUT2D eigenvalue weighted by molar-refractivity contribution is 5.93. The van der Waals surface area contributed by atoms with Crippen molar-refractivity contribution in [3.05, 3.63) is 0 Å². The summed E-state index contributed by atoms with van der Waals surface area (Å²) in [6, 6.07) is -3.80. The lowest BCUT2D eigenvalue weighted by molar-refractivity contribution is -0.143. The smallest absolute Gasteiger partial charge is 0.326 e. The van der Waals surface area contributed by atoms with Gasteiger partial charge in [0.15, 0.2) is 0 Å². The Labute approximate surface area is 156 Å². The zero-order chi connectivity index (χ0) is 21.3. The number of amides is 4. The Morgan fingerprint density at radius 2 is 1.56 bits per heavy atom. The summed E-state index contributed by atoms with van der Waals surface area (Å²) in [6.07, 6.45) is -1.90. The molecule has 0 aromatic heterocycles. The third-order valence-electron chi connectivity index (χ3n) is 3.55. The second-order valence-electron chi connectivity index (χ2n) is 6.34. The number of rotatable bonds is 11. The second-order valence-corrected chi connectivity index (χ2v) is 6.34. The van der Waals surface area contributed by atoms with Crippen LogP contribution in [-0.4, -0.2) is 70.6 Å². The van der Waals surface area contributed by atoms with Gasteiger partial charge in [-0.3, -0.25) is 19.2 Å². The van der Waals surface area contributed by atoms with E-state index in [4.69, 9.17) is 16.6 Å². The Kier molecular flexibility index (Phi) is 9.96. The molecule has 0 aliphatic rings. The normalized spacial score (nSPS) is 15.2. The fourth-order valence-electron chi connectivity index (χ4n) is 1.88. The van der Waals surface area contributed by atoms with Gasteiger partial charge in [0.25, 0.3) is 0 Å². The highest BCUT2D eigenvalue weighted by atomic mass is 16.4. The number of hydrogen-bond donors (Lipinski definition) is 7. The maximum atomic E-state index is 12.1. The van der Waals surface area contributed by atoms with Crippen molar-refractivity contribution in [3.8, 4) is 0 Å².